The van der Waals surface area contributed by atoms with Gasteiger partial charge in [0.25, 0.3) is 5.91 Å². The monoisotopic (exact) mass is 401 g/mol. The number of aryl methyl sites for hydroxylation is 1. The lowest BCUT2D eigenvalue weighted by Gasteiger charge is -2.09. The minimum absolute atomic E-state index is 0.229. The highest BCUT2D eigenvalue weighted by molar-refractivity contribution is 9.10. The number of carbonyl (C=O) groups excluding carboxylic acids is 1. The summed E-state index contributed by atoms with van der Waals surface area (Å²) >= 11 is 12.8. The Balaban J connectivity index is 2.26. The van der Waals surface area contributed by atoms with Crippen LogP contribution in [0.2, 0.25) is 5.02 Å². The normalized spacial score (nSPS) is 10.3. The summed E-state index contributed by atoms with van der Waals surface area (Å²) in [5.41, 5.74) is 2.23. The molecule has 0 aliphatic heterocycles. The average Bonchev–Trinajstić information content (AvgIpc) is 2.37. The Morgan fingerprint density at radius 1 is 1.16 bits per heavy atom. The molecule has 5 heteroatoms. The molecule has 2 aromatic rings. The van der Waals surface area contributed by atoms with Crippen molar-refractivity contribution in [3.8, 4) is 0 Å². The highest BCUT2D eigenvalue weighted by atomic mass is 79.9. The maximum Gasteiger partial charge on any atom is 0.257 e. The molecule has 19 heavy (non-hydrogen) atoms. The van der Waals surface area contributed by atoms with Gasteiger partial charge in [0.05, 0.1) is 10.6 Å². The number of nitrogens with one attached hydrogen (secondary N) is 1. The average molecular weight is 404 g/mol. The predicted octanol–water partition coefficient (Wildman–Crippen LogP) is 5.43. The third-order valence-electron chi connectivity index (χ3n) is 2.61. The number of amides is 1. The fourth-order valence-corrected chi connectivity index (χ4v) is 2.42. The van der Waals surface area contributed by atoms with Gasteiger partial charge in [-0.2, -0.15) is 0 Å². The van der Waals surface area contributed by atoms with Crippen molar-refractivity contribution in [3.63, 3.8) is 0 Å². The molecule has 1 amide bonds. The third kappa shape index (κ3) is 3.38. The highest BCUT2D eigenvalue weighted by Crippen LogP contribution is 2.27. The van der Waals surface area contributed by atoms with E-state index >= 15 is 0 Å². The molecule has 0 saturated carbocycles. The van der Waals surface area contributed by atoms with Crippen LogP contribution in [-0.2, 0) is 0 Å². The van der Waals surface area contributed by atoms with Gasteiger partial charge in [-0.25, -0.2) is 0 Å². The van der Waals surface area contributed by atoms with E-state index in [-0.39, 0.29) is 5.91 Å². The van der Waals surface area contributed by atoms with E-state index < -0.39 is 0 Å². The summed E-state index contributed by atoms with van der Waals surface area (Å²) in [4.78, 5) is 12.2. The minimum atomic E-state index is -0.229. The van der Waals surface area contributed by atoms with Crippen LogP contribution in [0.5, 0.6) is 0 Å². The molecule has 2 rings (SSSR count). The number of halogens is 3. The maximum absolute atomic E-state index is 12.2. The quantitative estimate of drug-likeness (QED) is 0.712. The van der Waals surface area contributed by atoms with Gasteiger partial charge in [0.15, 0.2) is 0 Å². The first kappa shape index (κ1) is 14.6. The molecule has 0 fully saturated rings. The number of rotatable bonds is 2. The number of benzene rings is 2. The SMILES string of the molecule is Cc1cc(NC(=O)c2cccc(Br)c2Cl)ccc1Br. The van der Waals surface area contributed by atoms with Crippen molar-refractivity contribution in [3.05, 3.63) is 61.5 Å². The molecule has 0 heterocycles. The number of carbonyl (C=O) groups is 1. The van der Waals surface area contributed by atoms with E-state index in [9.17, 15) is 4.79 Å². The fourth-order valence-electron chi connectivity index (χ4n) is 1.60. The van der Waals surface area contributed by atoms with Crippen molar-refractivity contribution in [1.82, 2.24) is 0 Å². The van der Waals surface area contributed by atoms with E-state index in [2.05, 4.69) is 37.2 Å². The minimum Gasteiger partial charge on any atom is -0.322 e. The lowest BCUT2D eigenvalue weighted by atomic mass is 10.2. The van der Waals surface area contributed by atoms with Crippen LogP contribution < -0.4 is 5.32 Å². The first-order chi connectivity index (χ1) is 8.99. The van der Waals surface area contributed by atoms with Crippen molar-refractivity contribution in [2.24, 2.45) is 0 Å². The second kappa shape index (κ2) is 6.07. The van der Waals surface area contributed by atoms with E-state index in [4.69, 9.17) is 11.6 Å². The van der Waals surface area contributed by atoms with Crippen LogP contribution in [0.1, 0.15) is 15.9 Å². The standard InChI is InChI=1S/C14H10Br2ClNO/c1-8-7-9(5-6-11(8)15)18-14(19)10-3-2-4-12(16)13(10)17/h2-7H,1H3,(H,18,19). The Hall–Kier alpha value is -0.840. The second-order valence-corrected chi connectivity index (χ2v) is 6.11. The van der Waals surface area contributed by atoms with Crippen LogP contribution in [0.25, 0.3) is 0 Å². The summed E-state index contributed by atoms with van der Waals surface area (Å²) in [6, 6.07) is 10.9. The Morgan fingerprint density at radius 3 is 2.58 bits per heavy atom. The van der Waals surface area contributed by atoms with Crippen LogP contribution in [0, 0.1) is 6.92 Å². The first-order valence-corrected chi connectivity index (χ1v) is 7.47. The Morgan fingerprint density at radius 2 is 1.89 bits per heavy atom. The molecule has 0 atom stereocenters. The predicted molar refractivity (Wildman–Crippen MR) is 86.0 cm³/mol. The molecule has 0 aliphatic rings. The molecule has 0 bridgehead atoms. The van der Waals surface area contributed by atoms with Crippen LogP contribution in [-0.4, -0.2) is 5.91 Å². The van der Waals surface area contributed by atoms with Gasteiger partial charge in [-0.15, -0.1) is 0 Å². The van der Waals surface area contributed by atoms with E-state index in [0.717, 1.165) is 15.7 Å². The van der Waals surface area contributed by atoms with Crippen molar-refractivity contribution in [2.75, 3.05) is 5.32 Å². The Kier molecular flexibility index (Phi) is 4.66. The van der Waals surface area contributed by atoms with Crippen molar-refractivity contribution in [1.29, 1.82) is 0 Å². The van der Waals surface area contributed by atoms with Gasteiger partial charge in [0.2, 0.25) is 0 Å². The summed E-state index contributed by atoms with van der Waals surface area (Å²) < 4.78 is 1.71. The largest absolute Gasteiger partial charge is 0.322 e. The molecule has 2 aromatic carbocycles. The zero-order valence-corrected chi connectivity index (χ0v) is 13.9. The van der Waals surface area contributed by atoms with Crippen LogP contribution in [0.4, 0.5) is 5.69 Å². The highest BCUT2D eigenvalue weighted by Gasteiger charge is 2.12. The van der Waals surface area contributed by atoms with Gasteiger partial charge in [-0.1, -0.05) is 33.6 Å². The van der Waals surface area contributed by atoms with E-state index in [0.29, 0.717) is 15.1 Å². The summed E-state index contributed by atoms with van der Waals surface area (Å²) in [7, 11) is 0. The zero-order chi connectivity index (χ0) is 14.0. The molecule has 2 nitrogen and oxygen atoms in total. The van der Waals surface area contributed by atoms with Gasteiger partial charge in [-0.05, 0) is 58.7 Å². The molecule has 1 N–H and O–H groups in total. The van der Waals surface area contributed by atoms with E-state index in [1.165, 1.54) is 0 Å². The molecule has 0 unspecified atom stereocenters. The fraction of sp³-hybridized carbons (Fsp3) is 0.0714. The van der Waals surface area contributed by atoms with Crippen molar-refractivity contribution >= 4 is 55.1 Å². The molecule has 0 aliphatic carbocycles. The number of anilines is 1. The number of hydrogen-bond acceptors (Lipinski definition) is 1. The van der Waals surface area contributed by atoms with Gasteiger partial charge in [0, 0.05) is 14.6 Å². The third-order valence-corrected chi connectivity index (χ3v) is 4.80. The molecule has 0 saturated heterocycles. The summed E-state index contributed by atoms with van der Waals surface area (Å²) in [6.07, 6.45) is 0. The summed E-state index contributed by atoms with van der Waals surface area (Å²) in [5, 5.41) is 3.24. The van der Waals surface area contributed by atoms with E-state index in [1.54, 1.807) is 18.2 Å². The van der Waals surface area contributed by atoms with Crippen molar-refractivity contribution in [2.45, 2.75) is 6.92 Å². The first-order valence-electron chi connectivity index (χ1n) is 5.50. The van der Waals surface area contributed by atoms with E-state index in [1.807, 2.05) is 25.1 Å². The summed E-state index contributed by atoms with van der Waals surface area (Å²) in [5.74, 6) is -0.229. The Labute approximate surface area is 133 Å². The lowest BCUT2D eigenvalue weighted by Crippen LogP contribution is -2.12. The van der Waals surface area contributed by atoms with Crippen molar-refractivity contribution < 1.29 is 4.79 Å². The smallest absolute Gasteiger partial charge is 0.257 e. The molecule has 0 spiro atoms. The molecule has 98 valence electrons. The van der Waals surface area contributed by atoms with Gasteiger partial charge in [0.1, 0.15) is 0 Å². The second-order valence-electron chi connectivity index (χ2n) is 4.02. The zero-order valence-electron chi connectivity index (χ0n) is 10.0. The van der Waals surface area contributed by atoms with Gasteiger partial charge in [-0.3, -0.25) is 4.79 Å². The molecular formula is C14H10Br2ClNO. The Bertz CT molecular complexity index is 643. The number of hydrogen-bond donors (Lipinski definition) is 1. The lowest BCUT2D eigenvalue weighted by molar-refractivity contribution is 0.102. The van der Waals surface area contributed by atoms with Crippen LogP contribution in [0.3, 0.4) is 0 Å². The summed E-state index contributed by atoms with van der Waals surface area (Å²) in [6.45, 7) is 1.96. The van der Waals surface area contributed by atoms with Crippen LogP contribution >= 0.6 is 43.5 Å². The molecule has 0 aromatic heterocycles. The maximum atomic E-state index is 12.2. The van der Waals surface area contributed by atoms with Gasteiger partial charge < -0.3 is 5.32 Å². The molecular weight excluding hydrogens is 393 g/mol. The molecule has 0 radical (unpaired) electrons. The topological polar surface area (TPSA) is 29.1 Å². The van der Waals surface area contributed by atoms with Gasteiger partial charge >= 0.3 is 0 Å². The van der Waals surface area contributed by atoms with Crippen LogP contribution in [0.15, 0.2) is 45.3 Å².